The normalized spacial score (nSPS) is 11.4. The van der Waals surface area contributed by atoms with Gasteiger partial charge in [-0.05, 0) is 24.6 Å². The van der Waals surface area contributed by atoms with Crippen LogP contribution in [0.4, 0.5) is 17.6 Å². The molecule has 1 aromatic heterocycles. The maximum absolute atomic E-state index is 13.8. The van der Waals surface area contributed by atoms with Gasteiger partial charge in [0, 0.05) is 5.56 Å². The molecular formula is C12H6ClF4N3. The lowest BCUT2D eigenvalue weighted by Crippen LogP contribution is -2.05. The summed E-state index contributed by atoms with van der Waals surface area (Å²) in [6, 6.07) is 3.94. The number of halogens is 5. The van der Waals surface area contributed by atoms with E-state index in [9.17, 15) is 17.6 Å². The first-order valence-corrected chi connectivity index (χ1v) is 5.65. The van der Waals surface area contributed by atoms with Crippen LogP contribution >= 0.6 is 11.6 Å². The summed E-state index contributed by atoms with van der Waals surface area (Å²) in [7, 11) is 0. The highest BCUT2D eigenvalue weighted by Gasteiger charge is 2.37. The van der Waals surface area contributed by atoms with Crippen molar-refractivity contribution in [3.8, 4) is 17.3 Å². The second-order valence-electron chi connectivity index (χ2n) is 4.02. The van der Waals surface area contributed by atoms with Crippen molar-refractivity contribution in [2.24, 2.45) is 0 Å². The first kappa shape index (κ1) is 14.3. The van der Waals surface area contributed by atoms with Gasteiger partial charge in [0.25, 0.3) is 0 Å². The minimum Gasteiger partial charge on any atom is -0.272 e. The Morgan fingerprint density at radius 1 is 1.35 bits per heavy atom. The highest BCUT2D eigenvalue weighted by Crippen LogP contribution is 2.39. The topological polar surface area (TPSA) is 52.5 Å². The molecule has 0 amide bonds. The quantitative estimate of drug-likeness (QED) is 0.807. The lowest BCUT2D eigenvalue weighted by Gasteiger charge is -2.05. The summed E-state index contributed by atoms with van der Waals surface area (Å²) >= 11 is 5.60. The zero-order valence-corrected chi connectivity index (χ0v) is 10.7. The standard InChI is InChI=1S/C12H6ClF4N3/c1-5-2-7(8(14)3-6(5)4-18)10-9(13)11(20-19-10)12(15,16)17/h2-3H,1H3,(H,19,20). The third-order valence-electron chi connectivity index (χ3n) is 2.68. The maximum Gasteiger partial charge on any atom is 0.434 e. The molecule has 1 heterocycles. The largest absolute Gasteiger partial charge is 0.434 e. The van der Waals surface area contributed by atoms with Gasteiger partial charge in [-0.3, -0.25) is 5.10 Å². The Morgan fingerprint density at radius 3 is 2.50 bits per heavy atom. The van der Waals surface area contributed by atoms with Gasteiger partial charge in [0.15, 0.2) is 5.69 Å². The number of aryl methyl sites for hydroxylation is 1. The molecule has 1 aromatic carbocycles. The van der Waals surface area contributed by atoms with E-state index in [1.54, 1.807) is 11.2 Å². The monoisotopic (exact) mass is 303 g/mol. The number of nitriles is 1. The molecule has 0 aliphatic heterocycles. The summed E-state index contributed by atoms with van der Waals surface area (Å²) in [6.07, 6.45) is -4.71. The molecule has 0 bridgehead atoms. The Kier molecular flexibility index (Phi) is 3.44. The van der Waals surface area contributed by atoms with Crippen molar-refractivity contribution in [2.75, 3.05) is 0 Å². The molecule has 8 heteroatoms. The molecule has 2 rings (SSSR count). The highest BCUT2D eigenvalue weighted by atomic mass is 35.5. The fraction of sp³-hybridized carbons (Fsp3) is 0.167. The summed E-state index contributed by atoms with van der Waals surface area (Å²) in [5, 5.41) is 13.2. The zero-order valence-electron chi connectivity index (χ0n) is 9.94. The number of nitrogens with one attached hydrogen (secondary N) is 1. The molecule has 0 aliphatic rings. The van der Waals surface area contributed by atoms with Gasteiger partial charge >= 0.3 is 6.18 Å². The van der Waals surface area contributed by atoms with Crippen LogP contribution in [0.15, 0.2) is 12.1 Å². The van der Waals surface area contributed by atoms with Gasteiger partial charge in [-0.25, -0.2) is 4.39 Å². The minimum atomic E-state index is -4.71. The van der Waals surface area contributed by atoms with E-state index in [-0.39, 0.29) is 16.8 Å². The smallest absolute Gasteiger partial charge is 0.272 e. The van der Waals surface area contributed by atoms with Crippen LogP contribution < -0.4 is 0 Å². The molecular weight excluding hydrogens is 298 g/mol. The second-order valence-corrected chi connectivity index (χ2v) is 4.40. The second kappa shape index (κ2) is 4.80. The van der Waals surface area contributed by atoms with Crippen molar-refractivity contribution >= 4 is 11.6 Å². The Balaban J connectivity index is 2.62. The van der Waals surface area contributed by atoms with Gasteiger partial charge in [0.1, 0.15) is 11.5 Å². The lowest BCUT2D eigenvalue weighted by atomic mass is 10.0. The average Bonchev–Trinajstić information content (AvgIpc) is 2.73. The van der Waals surface area contributed by atoms with Gasteiger partial charge in [0.05, 0.1) is 16.7 Å². The molecule has 0 saturated carbocycles. The molecule has 20 heavy (non-hydrogen) atoms. The van der Waals surface area contributed by atoms with Crippen molar-refractivity contribution in [1.29, 1.82) is 5.26 Å². The van der Waals surface area contributed by atoms with E-state index in [0.29, 0.717) is 5.56 Å². The Morgan fingerprint density at radius 2 is 2.00 bits per heavy atom. The van der Waals surface area contributed by atoms with E-state index < -0.39 is 22.7 Å². The van der Waals surface area contributed by atoms with Gasteiger partial charge in [0.2, 0.25) is 0 Å². The number of hydrogen-bond acceptors (Lipinski definition) is 2. The van der Waals surface area contributed by atoms with Gasteiger partial charge in [-0.1, -0.05) is 11.6 Å². The number of benzene rings is 1. The number of aromatic nitrogens is 2. The maximum atomic E-state index is 13.8. The SMILES string of the molecule is Cc1cc(-c2n[nH]c(C(F)(F)F)c2Cl)c(F)cc1C#N. The Hall–Kier alpha value is -2.07. The summed E-state index contributed by atoms with van der Waals surface area (Å²) in [6.45, 7) is 1.53. The number of nitrogens with zero attached hydrogens (tertiary/aromatic N) is 2. The number of hydrogen-bond donors (Lipinski definition) is 1. The van der Waals surface area contributed by atoms with Crippen LogP contribution in [0, 0.1) is 24.1 Å². The molecule has 0 spiro atoms. The molecule has 1 N–H and O–H groups in total. The van der Waals surface area contributed by atoms with Crippen molar-refractivity contribution < 1.29 is 17.6 Å². The average molecular weight is 304 g/mol. The van der Waals surface area contributed by atoms with Gasteiger partial charge in [-0.15, -0.1) is 0 Å². The van der Waals surface area contributed by atoms with E-state index in [1.165, 1.54) is 13.0 Å². The molecule has 104 valence electrons. The number of rotatable bonds is 1. The lowest BCUT2D eigenvalue weighted by molar-refractivity contribution is -0.141. The highest BCUT2D eigenvalue weighted by molar-refractivity contribution is 6.33. The van der Waals surface area contributed by atoms with Crippen molar-refractivity contribution in [3.63, 3.8) is 0 Å². The fourth-order valence-electron chi connectivity index (χ4n) is 1.68. The first-order chi connectivity index (χ1) is 9.25. The van der Waals surface area contributed by atoms with E-state index in [0.717, 1.165) is 6.07 Å². The van der Waals surface area contributed by atoms with Crippen LogP contribution in [0.2, 0.25) is 5.02 Å². The van der Waals surface area contributed by atoms with Crippen LogP contribution in [0.5, 0.6) is 0 Å². The summed E-state index contributed by atoms with van der Waals surface area (Å²) in [5.74, 6) is -0.866. The summed E-state index contributed by atoms with van der Waals surface area (Å²) in [5.41, 5.74) is -1.27. The molecule has 0 radical (unpaired) electrons. The van der Waals surface area contributed by atoms with E-state index in [4.69, 9.17) is 16.9 Å². The van der Waals surface area contributed by atoms with Crippen LogP contribution in [-0.4, -0.2) is 10.2 Å². The molecule has 0 unspecified atom stereocenters. The van der Waals surface area contributed by atoms with Gasteiger partial charge in [-0.2, -0.15) is 23.5 Å². The van der Waals surface area contributed by atoms with Crippen LogP contribution in [0.3, 0.4) is 0 Å². The molecule has 0 aliphatic carbocycles. The molecule has 2 aromatic rings. The molecule has 0 fully saturated rings. The predicted molar refractivity (Wildman–Crippen MR) is 63.4 cm³/mol. The van der Waals surface area contributed by atoms with Crippen LogP contribution in [0.25, 0.3) is 11.3 Å². The Labute approximate surface area is 115 Å². The third-order valence-corrected chi connectivity index (χ3v) is 3.05. The fourth-order valence-corrected chi connectivity index (χ4v) is 1.97. The van der Waals surface area contributed by atoms with Gasteiger partial charge < -0.3 is 0 Å². The molecule has 0 atom stereocenters. The van der Waals surface area contributed by atoms with E-state index >= 15 is 0 Å². The molecule has 3 nitrogen and oxygen atoms in total. The number of aromatic amines is 1. The minimum absolute atomic E-state index is 0.0916. The summed E-state index contributed by atoms with van der Waals surface area (Å²) < 4.78 is 51.6. The van der Waals surface area contributed by atoms with Crippen molar-refractivity contribution in [3.05, 3.63) is 39.8 Å². The first-order valence-electron chi connectivity index (χ1n) is 5.27. The zero-order chi connectivity index (χ0) is 15.1. The predicted octanol–water partition coefficient (Wildman–Crippen LogP) is 4.07. The summed E-state index contributed by atoms with van der Waals surface area (Å²) in [4.78, 5) is 0. The number of alkyl halides is 3. The third kappa shape index (κ3) is 2.34. The van der Waals surface area contributed by atoms with Crippen LogP contribution in [-0.2, 0) is 6.18 Å². The van der Waals surface area contributed by atoms with Crippen molar-refractivity contribution in [2.45, 2.75) is 13.1 Å². The van der Waals surface area contributed by atoms with E-state index in [1.807, 2.05) is 0 Å². The van der Waals surface area contributed by atoms with Crippen molar-refractivity contribution in [1.82, 2.24) is 10.2 Å². The van der Waals surface area contributed by atoms with Crippen LogP contribution in [0.1, 0.15) is 16.8 Å². The number of H-pyrrole nitrogens is 1. The Bertz CT molecular complexity index is 713. The van der Waals surface area contributed by atoms with E-state index in [2.05, 4.69) is 5.10 Å². The molecule has 0 saturated heterocycles.